The Kier molecular flexibility index (Phi) is 5.77. The highest BCUT2D eigenvalue weighted by Crippen LogP contribution is 2.33. The van der Waals surface area contributed by atoms with Crippen LogP contribution in [-0.2, 0) is 10.0 Å². The van der Waals surface area contributed by atoms with Crippen molar-refractivity contribution in [2.75, 3.05) is 51.4 Å². The average molecular weight is 469 g/mol. The number of hydrogen-bond donors (Lipinski definition) is 0. The maximum absolute atomic E-state index is 13.2. The second-order valence-electron chi connectivity index (χ2n) is 7.69. The normalized spacial score (nSPS) is 16.5. The standard InChI is InChI=1S/C23H24N4O5S/c1-30-18-4-2-17(3-5-18)20-15-23(25-16-24-20)26-8-10-27(11-9-26)33(28,29)19-6-7-21-22(14-19)32-13-12-31-21/h2-7,14-16H,8-13H2,1H3. The van der Waals surface area contributed by atoms with Gasteiger partial charge in [0.15, 0.2) is 11.5 Å². The maximum atomic E-state index is 13.2. The number of anilines is 1. The van der Waals surface area contributed by atoms with E-state index in [4.69, 9.17) is 14.2 Å². The summed E-state index contributed by atoms with van der Waals surface area (Å²) in [6.07, 6.45) is 1.53. The molecule has 33 heavy (non-hydrogen) atoms. The molecule has 2 aromatic carbocycles. The van der Waals surface area contributed by atoms with E-state index in [1.165, 1.54) is 10.6 Å². The molecule has 0 N–H and O–H groups in total. The maximum Gasteiger partial charge on any atom is 0.243 e. The summed E-state index contributed by atoms with van der Waals surface area (Å²) in [6, 6.07) is 14.4. The van der Waals surface area contributed by atoms with Gasteiger partial charge in [0.1, 0.15) is 31.1 Å². The van der Waals surface area contributed by atoms with Crippen molar-refractivity contribution in [3.8, 4) is 28.5 Å². The van der Waals surface area contributed by atoms with Crippen molar-refractivity contribution in [3.05, 3.63) is 54.9 Å². The summed E-state index contributed by atoms with van der Waals surface area (Å²) in [5, 5.41) is 0. The molecule has 0 amide bonds. The van der Waals surface area contributed by atoms with Crippen LogP contribution in [0.4, 0.5) is 5.82 Å². The molecule has 3 heterocycles. The molecule has 2 aliphatic heterocycles. The van der Waals surface area contributed by atoms with Gasteiger partial charge in [-0.1, -0.05) is 0 Å². The first-order valence-electron chi connectivity index (χ1n) is 10.7. The summed E-state index contributed by atoms with van der Waals surface area (Å²) in [4.78, 5) is 11.1. The number of rotatable bonds is 5. The van der Waals surface area contributed by atoms with Crippen molar-refractivity contribution in [2.24, 2.45) is 0 Å². The van der Waals surface area contributed by atoms with E-state index in [9.17, 15) is 8.42 Å². The monoisotopic (exact) mass is 468 g/mol. The Balaban J connectivity index is 1.29. The molecule has 0 unspecified atom stereocenters. The van der Waals surface area contributed by atoms with Crippen molar-refractivity contribution >= 4 is 15.8 Å². The van der Waals surface area contributed by atoms with Gasteiger partial charge in [-0.25, -0.2) is 18.4 Å². The van der Waals surface area contributed by atoms with Crippen molar-refractivity contribution in [1.29, 1.82) is 0 Å². The quantitative estimate of drug-likeness (QED) is 0.564. The fourth-order valence-corrected chi connectivity index (χ4v) is 5.37. The highest BCUT2D eigenvalue weighted by molar-refractivity contribution is 7.89. The number of piperazine rings is 1. The van der Waals surface area contributed by atoms with E-state index in [1.54, 1.807) is 25.3 Å². The Morgan fingerprint density at radius 2 is 1.61 bits per heavy atom. The van der Waals surface area contributed by atoms with Gasteiger partial charge in [0.25, 0.3) is 0 Å². The highest BCUT2D eigenvalue weighted by atomic mass is 32.2. The summed E-state index contributed by atoms with van der Waals surface area (Å²) in [6.45, 7) is 2.65. The minimum atomic E-state index is -3.63. The number of methoxy groups -OCH3 is 1. The van der Waals surface area contributed by atoms with E-state index in [0.717, 1.165) is 22.8 Å². The van der Waals surface area contributed by atoms with Gasteiger partial charge in [0.2, 0.25) is 10.0 Å². The SMILES string of the molecule is COc1ccc(-c2cc(N3CCN(S(=O)(=O)c4ccc5c(c4)OCCO5)CC3)ncn2)cc1. The summed E-state index contributed by atoms with van der Waals surface area (Å²) in [5.74, 6) is 2.59. The topological polar surface area (TPSA) is 94.1 Å². The van der Waals surface area contributed by atoms with E-state index in [-0.39, 0.29) is 4.90 Å². The molecule has 1 aromatic heterocycles. The number of aromatic nitrogens is 2. The number of fused-ring (bicyclic) bond motifs is 1. The second-order valence-corrected chi connectivity index (χ2v) is 9.62. The zero-order valence-corrected chi connectivity index (χ0v) is 19.0. The van der Waals surface area contributed by atoms with E-state index in [0.29, 0.717) is 50.9 Å². The number of sulfonamides is 1. The Hall–Kier alpha value is -3.37. The molecule has 10 heteroatoms. The zero-order valence-electron chi connectivity index (χ0n) is 18.2. The van der Waals surface area contributed by atoms with Gasteiger partial charge < -0.3 is 19.1 Å². The predicted molar refractivity (Wildman–Crippen MR) is 122 cm³/mol. The molecule has 0 bridgehead atoms. The lowest BCUT2D eigenvalue weighted by Gasteiger charge is -2.34. The molecule has 2 aliphatic rings. The van der Waals surface area contributed by atoms with Crippen LogP contribution in [0.25, 0.3) is 11.3 Å². The minimum Gasteiger partial charge on any atom is -0.497 e. The van der Waals surface area contributed by atoms with Crippen molar-refractivity contribution in [2.45, 2.75) is 4.90 Å². The van der Waals surface area contributed by atoms with Crippen LogP contribution in [0.15, 0.2) is 59.8 Å². The molecule has 3 aromatic rings. The fourth-order valence-electron chi connectivity index (χ4n) is 3.93. The van der Waals surface area contributed by atoms with Crippen LogP contribution < -0.4 is 19.1 Å². The molecular formula is C23H24N4O5S. The molecule has 1 saturated heterocycles. The van der Waals surface area contributed by atoms with Gasteiger partial charge in [-0.2, -0.15) is 4.31 Å². The van der Waals surface area contributed by atoms with Crippen molar-refractivity contribution < 1.29 is 22.6 Å². The molecule has 0 aliphatic carbocycles. The summed E-state index contributed by atoms with van der Waals surface area (Å²) in [5.41, 5.74) is 1.76. The highest BCUT2D eigenvalue weighted by Gasteiger charge is 2.30. The Bertz CT molecular complexity index is 1240. The van der Waals surface area contributed by atoms with Gasteiger partial charge in [0.05, 0.1) is 17.7 Å². The number of nitrogens with zero attached hydrogens (tertiary/aromatic N) is 4. The second kappa shape index (κ2) is 8.87. The molecule has 0 saturated carbocycles. The van der Waals surface area contributed by atoms with Crippen molar-refractivity contribution in [3.63, 3.8) is 0 Å². The van der Waals surface area contributed by atoms with E-state index in [1.807, 2.05) is 30.3 Å². The lowest BCUT2D eigenvalue weighted by atomic mass is 10.1. The number of hydrogen-bond acceptors (Lipinski definition) is 8. The van der Waals surface area contributed by atoms with Crippen LogP contribution in [0.1, 0.15) is 0 Å². The molecule has 0 radical (unpaired) electrons. The Morgan fingerprint density at radius 1 is 0.879 bits per heavy atom. The Labute approximate surface area is 192 Å². The van der Waals surface area contributed by atoms with Crippen LogP contribution in [0, 0.1) is 0 Å². The van der Waals surface area contributed by atoms with Crippen LogP contribution in [0.3, 0.4) is 0 Å². The van der Waals surface area contributed by atoms with E-state index in [2.05, 4.69) is 14.9 Å². The number of benzene rings is 2. The van der Waals surface area contributed by atoms with Gasteiger partial charge in [-0.3, -0.25) is 0 Å². The Morgan fingerprint density at radius 3 is 2.33 bits per heavy atom. The minimum absolute atomic E-state index is 0.212. The summed E-state index contributed by atoms with van der Waals surface area (Å²) in [7, 11) is -2.00. The van der Waals surface area contributed by atoms with Gasteiger partial charge >= 0.3 is 0 Å². The molecule has 0 spiro atoms. The van der Waals surface area contributed by atoms with Crippen LogP contribution in [-0.4, -0.2) is 69.2 Å². The van der Waals surface area contributed by atoms with E-state index < -0.39 is 10.0 Å². The molecular weight excluding hydrogens is 444 g/mol. The first-order chi connectivity index (χ1) is 16.0. The lowest BCUT2D eigenvalue weighted by molar-refractivity contribution is 0.171. The van der Waals surface area contributed by atoms with Gasteiger partial charge in [-0.15, -0.1) is 0 Å². The zero-order chi connectivity index (χ0) is 22.8. The van der Waals surface area contributed by atoms with Crippen LogP contribution in [0.2, 0.25) is 0 Å². The van der Waals surface area contributed by atoms with Crippen molar-refractivity contribution in [1.82, 2.24) is 14.3 Å². The van der Waals surface area contributed by atoms with Crippen LogP contribution in [0.5, 0.6) is 17.2 Å². The summed E-state index contributed by atoms with van der Waals surface area (Å²) >= 11 is 0. The molecule has 172 valence electrons. The first-order valence-corrected chi connectivity index (χ1v) is 12.1. The molecule has 0 atom stereocenters. The third-order valence-electron chi connectivity index (χ3n) is 5.75. The number of ether oxygens (including phenoxy) is 3. The average Bonchev–Trinajstić information content (AvgIpc) is 2.88. The third kappa shape index (κ3) is 4.31. The molecule has 9 nitrogen and oxygen atoms in total. The first kappa shape index (κ1) is 21.5. The smallest absolute Gasteiger partial charge is 0.243 e. The lowest BCUT2D eigenvalue weighted by Crippen LogP contribution is -2.48. The summed E-state index contributed by atoms with van der Waals surface area (Å²) < 4.78 is 44.1. The predicted octanol–water partition coefficient (Wildman–Crippen LogP) is 2.43. The van der Waals surface area contributed by atoms with Gasteiger partial charge in [0, 0.05) is 43.9 Å². The van der Waals surface area contributed by atoms with E-state index >= 15 is 0 Å². The largest absolute Gasteiger partial charge is 0.497 e. The third-order valence-corrected chi connectivity index (χ3v) is 7.65. The molecule has 1 fully saturated rings. The van der Waals surface area contributed by atoms with Gasteiger partial charge in [-0.05, 0) is 36.4 Å². The van der Waals surface area contributed by atoms with Crippen LogP contribution >= 0.6 is 0 Å². The molecule has 5 rings (SSSR count). The fraction of sp³-hybridized carbons (Fsp3) is 0.304.